The lowest BCUT2D eigenvalue weighted by molar-refractivity contribution is 0.0985. The van der Waals surface area contributed by atoms with E-state index >= 15 is 0 Å². The van der Waals surface area contributed by atoms with Gasteiger partial charge in [-0.1, -0.05) is 24.3 Å². The summed E-state index contributed by atoms with van der Waals surface area (Å²) in [7, 11) is 0. The predicted octanol–water partition coefficient (Wildman–Crippen LogP) is 1.36. The summed E-state index contributed by atoms with van der Waals surface area (Å²) in [5, 5.41) is 3.21. The summed E-state index contributed by atoms with van der Waals surface area (Å²) in [4.78, 5) is 11.5. The van der Waals surface area contributed by atoms with E-state index in [1.54, 1.807) is 0 Å². The Bertz CT molecular complexity index is 306. The number of benzene rings is 1. The quantitative estimate of drug-likeness (QED) is 0.622. The largest absolute Gasteiger partial charge is 0.312 e. The van der Waals surface area contributed by atoms with Gasteiger partial charge in [-0.05, 0) is 5.56 Å². The molecule has 0 aliphatic carbocycles. The van der Waals surface area contributed by atoms with Crippen molar-refractivity contribution < 1.29 is 4.79 Å². The molecule has 0 amide bonds. The van der Waals surface area contributed by atoms with Gasteiger partial charge < -0.3 is 5.32 Å². The highest BCUT2D eigenvalue weighted by atomic mass is 16.1. The van der Waals surface area contributed by atoms with Gasteiger partial charge in [0.05, 0.1) is 0 Å². The van der Waals surface area contributed by atoms with E-state index < -0.39 is 0 Å². The van der Waals surface area contributed by atoms with E-state index in [1.165, 1.54) is 0 Å². The fourth-order valence-corrected chi connectivity index (χ4v) is 1.51. The van der Waals surface area contributed by atoms with Crippen molar-refractivity contribution in [1.82, 2.24) is 5.32 Å². The molecule has 0 fully saturated rings. The van der Waals surface area contributed by atoms with E-state index in [-0.39, 0.29) is 5.78 Å². The fourth-order valence-electron chi connectivity index (χ4n) is 1.51. The Kier molecular flexibility index (Phi) is 1.92. The summed E-state index contributed by atoms with van der Waals surface area (Å²) in [6, 6.07) is 7.80. The highest BCUT2D eigenvalue weighted by Crippen LogP contribution is 2.13. The number of hydrogen-bond donors (Lipinski definition) is 1. The standard InChI is InChI=1S/C10H11NO/c12-10-5-6-11-7-8-3-1-2-4-9(8)10/h1-4,11H,5-7H2. The molecule has 0 saturated heterocycles. The average Bonchev–Trinajstić information content (AvgIpc) is 2.29. The molecule has 1 aromatic rings. The lowest BCUT2D eigenvalue weighted by Crippen LogP contribution is -2.12. The number of nitrogens with one attached hydrogen (secondary N) is 1. The molecule has 2 rings (SSSR count). The molecule has 1 aliphatic rings. The van der Waals surface area contributed by atoms with Gasteiger partial charge in [-0.2, -0.15) is 0 Å². The highest BCUT2D eigenvalue weighted by molar-refractivity contribution is 5.97. The van der Waals surface area contributed by atoms with Crippen molar-refractivity contribution in [3.8, 4) is 0 Å². The second-order valence-electron chi connectivity index (χ2n) is 3.01. The molecule has 12 heavy (non-hydrogen) atoms. The average molecular weight is 161 g/mol. The van der Waals surface area contributed by atoms with Crippen LogP contribution in [0.5, 0.6) is 0 Å². The molecule has 0 spiro atoms. The maximum absolute atomic E-state index is 11.5. The topological polar surface area (TPSA) is 29.1 Å². The number of carbonyl (C=O) groups is 1. The van der Waals surface area contributed by atoms with Crippen LogP contribution in [0.15, 0.2) is 24.3 Å². The van der Waals surface area contributed by atoms with E-state index in [2.05, 4.69) is 5.32 Å². The third-order valence-corrected chi connectivity index (χ3v) is 2.16. The molecule has 62 valence electrons. The molecule has 1 aromatic carbocycles. The zero-order valence-electron chi connectivity index (χ0n) is 6.84. The lowest BCUT2D eigenvalue weighted by atomic mass is 10.0. The highest BCUT2D eigenvalue weighted by Gasteiger charge is 2.13. The van der Waals surface area contributed by atoms with Crippen LogP contribution < -0.4 is 5.32 Å². The summed E-state index contributed by atoms with van der Waals surface area (Å²) in [6.45, 7) is 1.62. The normalized spacial score (nSPS) is 16.8. The Labute approximate surface area is 71.6 Å². The van der Waals surface area contributed by atoms with Crippen LogP contribution in [0.1, 0.15) is 22.3 Å². The first-order valence-corrected chi connectivity index (χ1v) is 4.20. The molecule has 0 radical (unpaired) electrons. The SMILES string of the molecule is O=C1CCNCc2ccccc21. The van der Waals surface area contributed by atoms with E-state index in [9.17, 15) is 4.79 Å². The first-order valence-electron chi connectivity index (χ1n) is 4.20. The molecule has 0 atom stereocenters. The molecule has 0 bridgehead atoms. The number of rotatable bonds is 0. The number of ketones is 1. The van der Waals surface area contributed by atoms with Crippen LogP contribution in [0.3, 0.4) is 0 Å². The number of carbonyl (C=O) groups excluding carboxylic acids is 1. The second kappa shape index (κ2) is 3.07. The Hall–Kier alpha value is -1.15. The van der Waals surface area contributed by atoms with Gasteiger partial charge >= 0.3 is 0 Å². The van der Waals surface area contributed by atoms with Crippen LogP contribution in [0.2, 0.25) is 0 Å². The predicted molar refractivity (Wildman–Crippen MR) is 47.1 cm³/mol. The van der Waals surface area contributed by atoms with Gasteiger partial charge in [-0.25, -0.2) is 0 Å². The van der Waals surface area contributed by atoms with Crippen molar-refractivity contribution >= 4 is 5.78 Å². The van der Waals surface area contributed by atoms with E-state index in [4.69, 9.17) is 0 Å². The third kappa shape index (κ3) is 1.25. The zero-order valence-corrected chi connectivity index (χ0v) is 6.84. The molecule has 0 unspecified atom stereocenters. The summed E-state index contributed by atoms with van der Waals surface area (Å²) < 4.78 is 0. The minimum Gasteiger partial charge on any atom is -0.312 e. The first kappa shape index (κ1) is 7.50. The van der Waals surface area contributed by atoms with Crippen molar-refractivity contribution in [2.24, 2.45) is 0 Å². The third-order valence-electron chi connectivity index (χ3n) is 2.16. The Morgan fingerprint density at radius 3 is 3.00 bits per heavy atom. The lowest BCUT2D eigenvalue weighted by Gasteiger charge is -2.01. The minimum atomic E-state index is 0.260. The molecule has 2 heteroatoms. The molecule has 1 aliphatic heterocycles. The maximum Gasteiger partial charge on any atom is 0.164 e. The molecule has 1 heterocycles. The fraction of sp³-hybridized carbons (Fsp3) is 0.300. The van der Waals surface area contributed by atoms with Gasteiger partial charge in [0.15, 0.2) is 5.78 Å². The molecule has 0 saturated carbocycles. The Balaban J connectivity index is 2.46. The van der Waals surface area contributed by atoms with Crippen molar-refractivity contribution in [3.05, 3.63) is 35.4 Å². The van der Waals surface area contributed by atoms with Gasteiger partial charge in [0, 0.05) is 25.1 Å². The van der Waals surface area contributed by atoms with E-state index in [0.717, 1.165) is 24.2 Å². The Morgan fingerprint density at radius 1 is 1.25 bits per heavy atom. The summed E-state index contributed by atoms with van der Waals surface area (Å²) >= 11 is 0. The molecule has 2 nitrogen and oxygen atoms in total. The Morgan fingerprint density at radius 2 is 2.08 bits per heavy atom. The summed E-state index contributed by atoms with van der Waals surface area (Å²) in [5.41, 5.74) is 2.02. The summed E-state index contributed by atoms with van der Waals surface area (Å²) in [6.07, 6.45) is 0.622. The zero-order chi connectivity index (χ0) is 8.39. The van der Waals surface area contributed by atoms with Gasteiger partial charge in [0.25, 0.3) is 0 Å². The van der Waals surface area contributed by atoms with Gasteiger partial charge in [0.1, 0.15) is 0 Å². The van der Waals surface area contributed by atoms with Gasteiger partial charge in [-0.15, -0.1) is 0 Å². The minimum absolute atomic E-state index is 0.260. The smallest absolute Gasteiger partial charge is 0.164 e. The number of Topliss-reactive ketones (excluding diaryl/α,β-unsaturated/α-hetero) is 1. The van der Waals surface area contributed by atoms with E-state index in [1.807, 2.05) is 24.3 Å². The van der Waals surface area contributed by atoms with Crippen LogP contribution in [0.4, 0.5) is 0 Å². The number of fused-ring (bicyclic) bond motifs is 1. The van der Waals surface area contributed by atoms with Gasteiger partial charge in [-0.3, -0.25) is 4.79 Å². The van der Waals surface area contributed by atoms with Crippen LogP contribution in [0, 0.1) is 0 Å². The van der Waals surface area contributed by atoms with Crippen LogP contribution in [-0.2, 0) is 6.54 Å². The molecular formula is C10H11NO. The monoisotopic (exact) mass is 161 g/mol. The van der Waals surface area contributed by atoms with Crippen LogP contribution in [0.25, 0.3) is 0 Å². The second-order valence-corrected chi connectivity index (χ2v) is 3.01. The van der Waals surface area contributed by atoms with Crippen molar-refractivity contribution in [3.63, 3.8) is 0 Å². The molecule has 1 N–H and O–H groups in total. The summed E-state index contributed by atoms with van der Waals surface area (Å²) in [5.74, 6) is 0.260. The molecular weight excluding hydrogens is 150 g/mol. The van der Waals surface area contributed by atoms with Crippen LogP contribution in [-0.4, -0.2) is 12.3 Å². The van der Waals surface area contributed by atoms with Crippen molar-refractivity contribution in [2.75, 3.05) is 6.54 Å². The maximum atomic E-state index is 11.5. The first-order chi connectivity index (χ1) is 5.88. The van der Waals surface area contributed by atoms with E-state index in [0.29, 0.717) is 6.42 Å². The van der Waals surface area contributed by atoms with Crippen molar-refractivity contribution in [1.29, 1.82) is 0 Å². The van der Waals surface area contributed by atoms with Crippen LogP contribution >= 0.6 is 0 Å². The number of hydrogen-bond acceptors (Lipinski definition) is 2. The molecule has 0 aromatic heterocycles. The van der Waals surface area contributed by atoms with Crippen molar-refractivity contribution in [2.45, 2.75) is 13.0 Å². The van der Waals surface area contributed by atoms with Gasteiger partial charge in [0.2, 0.25) is 0 Å².